The second-order valence-corrected chi connectivity index (χ2v) is 5.54. The van der Waals surface area contributed by atoms with Crippen molar-refractivity contribution in [1.82, 2.24) is 4.90 Å². The maximum absolute atomic E-state index is 12.5. The molecule has 0 aromatic carbocycles. The van der Waals surface area contributed by atoms with E-state index in [-0.39, 0.29) is 11.8 Å². The molecule has 1 aliphatic rings. The fourth-order valence-corrected chi connectivity index (χ4v) is 2.27. The third-order valence-electron chi connectivity index (χ3n) is 3.62. The first-order valence-electron chi connectivity index (χ1n) is 7.77. The number of carboxylic acids is 1. The molecule has 0 radical (unpaired) electrons. The molecule has 0 bridgehead atoms. The Morgan fingerprint density at radius 1 is 0.909 bits per heavy atom. The van der Waals surface area contributed by atoms with Crippen molar-refractivity contribution in [2.24, 2.45) is 11.8 Å². The van der Waals surface area contributed by atoms with E-state index in [1.807, 2.05) is 0 Å². The van der Waals surface area contributed by atoms with E-state index >= 15 is 0 Å². The smallest absolute Gasteiger partial charge is 0.306 e. The van der Waals surface area contributed by atoms with Crippen LogP contribution in [-0.4, -0.2) is 74.6 Å². The van der Waals surface area contributed by atoms with Crippen LogP contribution in [0, 0.1) is 11.8 Å². The lowest BCUT2D eigenvalue weighted by Crippen LogP contribution is -2.41. The van der Waals surface area contributed by atoms with Gasteiger partial charge in [0.2, 0.25) is 5.91 Å². The summed E-state index contributed by atoms with van der Waals surface area (Å²) < 4.78 is 16.2. The highest BCUT2D eigenvalue weighted by Gasteiger charge is 2.24. The molecule has 128 valence electrons. The van der Waals surface area contributed by atoms with Gasteiger partial charge in [-0.1, -0.05) is 13.8 Å². The van der Waals surface area contributed by atoms with Crippen LogP contribution >= 0.6 is 0 Å². The summed E-state index contributed by atoms with van der Waals surface area (Å²) in [7, 11) is 0. The van der Waals surface area contributed by atoms with Crippen molar-refractivity contribution >= 4 is 11.9 Å². The first-order valence-corrected chi connectivity index (χ1v) is 7.77. The Morgan fingerprint density at radius 3 is 1.82 bits per heavy atom. The summed E-state index contributed by atoms with van der Waals surface area (Å²) in [6.07, 6.45) is 0.334. The molecule has 0 aromatic heterocycles. The van der Waals surface area contributed by atoms with E-state index < -0.39 is 11.9 Å². The first-order chi connectivity index (χ1) is 10.5. The van der Waals surface area contributed by atoms with Crippen LogP contribution < -0.4 is 0 Å². The minimum absolute atomic E-state index is 0.0476. The van der Waals surface area contributed by atoms with Gasteiger partial charge in [-0.05, 0) is 6.42 Å². The van der Waals surface area contributed by atoms with Crippen LogP contribution in [0.1, 0.15) is 20.3 Å². The normalized spacial score (nSPS) is 21.3. The molecule has 22 heavy (non-hydrogen) atoms. The van der Waals surface area contributed by atoms with Gasteiger partial charge in [0.25, 0.3) is 0 Å². The Balaban J connectivity index is 2.51. The predicted octanol–water partition coefficient (Wildman–Crippen LogP) is 0.625. The quantitative estimate of drug-likeness (QED) is 0.818. The van der Waals surface area contributed by atoms with Crippen molar-refractivity contribution in [3.05, 3.63) is 0 Å². The zero-order chi connectivity index (χ0) is 16.4. The van der Waals surface area contributed by atoms with Crippen molar-refractivity contribution in [3.63, 3.8) is 0 Å². The standard InChI is InChI=1S/C15H27NO6/c1-12(11-13(2)15(18)19)14(17)16-3-5-20-7-9-22-10-8-21-6-4-16/h12-13H,3-11H2,1-2H3,(H,18,19)/t12-,13-/m0/s1. The summed E-state index contributed by atoms with van der Waals surface area (Å²) in [5, 5.41) is 8.95. The predicted molar refractivity (Wildman–Crippen MR) is 79.6 cm³/mol. The van der Waals surface area contributed by atoms with Gasteiger partial charge in [-0.3, -0.25) is 9.59 Å². The van der Waals surface area contributed by atoms with Crippen molar-refractivity contribution in [2.45, 2.75) is 20.3 Å². The van der Waals surface area contributed by atoms with Gasteiger partial charge in [-0.2, -0.15) is 0 Å². The molecule has 0 spiro atoms. The fraction of sp³-hybridized carbons (Fsp3) is 0.867. The number of rotatable bonds is 4. The molecule has 1 saturated heterocycles. The highest BCUT2D eigenvalue weighted by Crippen LogP contribution is 2.15. The zero-order valence-electron chi connectivity index (χ0n) is 13.5. The number of ether oxygens (including phenoxy) is 3. The van der Waals surface area contributed by atoms with Crippen LogP contribution in [0.4, 0.5) is 0 Å². The highest BCUT2D eigenvalue weighted by molar-refractivity contribution is 5.79. The summed E-state index contributed by atoms with van der Waals surface area (Å²) in [6, 6.07) is 0. The molecule has 0 aromatic rings. The van der Waals surface area contributed by atoms with Gasteiger partial charge in [0.05, 0.1) is 45.6 Å². The largest absolute Gasteiger partial charge is 0.481 e. The third-order valence-corrected chi connectivity index (χ3v) is 3.62. The minimum atomic E-state index is -0.875. The molecule has 0 saturated carbocycles. The van der Waals surface area contributed by atoms with Gasteiger partial charge in [0.1, 0.15) is 0 Å². The van der Waals surface area contributed by atoms with Gasteiger partial charge in [0, 0.05) is 19.0 Å². The first kappa shape index (κ1) is 18.9. The molecule has 1 aliphatic heterocycles. The molecule has 1 amide bonds. The molecule has 1 rings (SSSR count). The number of nitrogens with zero attached hydrogens (tertiary/aromatic N) is 1. The molecule has 7 heteroatoms. The summed E-state index contributed by atoms with van der Waals surface area (Å²) in [5.41, 5.74) is 0. The number of hydrogen-bond acceptors (Lipinski definition) is 5. The van der Waals surface area contributed by atoms with E-state index in [9.17, 15) is 9.59 Å². The second-order valence-electron chi connectivity index (χ2n) is 5.54. The maximum atomic E-state index is 12.5. The van der Waals surface area contributed by atoms with Crippen molar-refractivity contribution in [2.75, 3.05) is 52.7 Å². The average molecular weight is 317 g/mol. The molecule has 2 atom stereocenters. The third kappa shape index (κ3) is 7.20. The summed E-state index contributed by atoms with van der Waals surface area (Å²) in [6.45, 7) is 7.26. The summed E-state index contributed by atoms with van der Waals surface area (Å²) in [5.74, 6) is -1.79. The molecule has 1 heterocycles. The maximum Gasteiger partial charge on any atom is 0.306 e. The van der Waals surface area contributed by atoms with E-state index in [1.54, 1.807) is 18.7 Å². The monoisotopic (exact) mass is 317 g/mol. The van der Waals surface area contributed by atoms with E-state index in [0.717, 1.165) is 0 Å². The van der Waals surface area contributed by atoms with Crippen molar-refractivity contribution in [1.29, 1.82) is 0 Å². The van der Waals surface area contributed by atoms with Gasteiger partial charge in [0.15, 0.2) is 0 Å². The van der Waals surface area contributed by atoms with Crippen LogP contribution in [0.3, 0.4) is 0 Å². The van der Waals surface area contributed by atoms with E-state index in [1.165, 1.54) is 0 Å². The van der Waals surface area contributed by atoms with Crippen molar-refractivity contribution in [3.8, 4) is 0 Å². The van der Waals surface area contributed by atoms with Crippen LogP contribution in [0.2, 0.25) is 0 Å². The van der Waals surface area contributed by atoms with Gasteiger partial charge < -0.3 is 24.2 Å². The highest BCUT2D eigenvalue weighted by atomic mass is 16.5. The topological polar surface area (TPSA) is 85.3 Å². The Hall–Kier alpha value is -1.18. The van der Waals surface area contributed by atoms with E-state index in [0.29, 0.717) is 59.2 Å². The minimum Gasteiger partial charge on any atom is -0.481 e. The molecular formula is C15H27NO6. The van der Waals surface area contributed by atoms with Gasteiger partial charge in [-0.15, -0.1) is 0 Å². The lowest BCUT2D eigenvalue weighted by molar-refractivity contribution is -0.143. The summed E-state index contributed by atoms with van der Waals surface area (Å²) >= 11 is 0. The van der Waals surface area contributed by atoms with Crippen molar-refractivity contribution < 1.29 is 28.9 Å². The van der Waals surface area contributed by atoms with Crippen LogP contribution in [0.5, 0.6) is 0 Å². The number of carbonyl (C=O) groups is 2. The molecule has 1 N–H and O–H groups in total. The second kappa shape index (κ2) is 10.5. The number of carboxylic acid groups (broad SMARTS) is 1. The molecular weight excluding hydrogens is 290 g/mol. The van der Waals surface area contributed by atoms with Crippen LogP contribution in [-0.2, 0) is 23.8 Å². The number of carbonyl (C=O) groups excluding carboxylic acids is 1. The average Bonchev–Trinajstić information content (AvgIpc) is 2.47. The van der Waals surface area contributed by atoms with Crippen LogP contribution in [0.25, 0.3) is 0 Å². The van der Waals surface area contributed by atoms with Gasteiger partial charge >= 0.3 is 5.97 Å². The van der Waals surface area contributed by atoms with Gasteiger partial charge in [-0.25, -0.2) is 0 Å². The molecule has 1 fully saturated rings. The number of amides is 1. The van der Waals surface area contributed by atoms with E-state index in [4.69, 9.17) is 19.3 Å². The lowest BCUT2D eigenvalue weighted by Gasteiger charge is -2.27. The Labute approximate surface area is 131 Å². The molecule has 0 unspecified atom stereocenters. The van der Waals surface area contributed by atoms with E-state index in [2.05, 4.69) is 0 Å². The molecule has 0 aliphatic carbocycles. The number of aliphatic carboxylic acids is 1. The van der Waals surface area contributed by atoms with Crippen LogP contribution in [0.15, 0.2) is 0 Å². The molecule has 7 nitrogen and oxygen atoms in total. The number of hydrogen-bond donors (Lipinski definition) is 1. The Morgan fingerprint density at radius 2 is 1.36 bits per heavy atom. The zero-order valence-corrected chi connectivity index (χ0v) is 13.5. The Kier molecular flexibility index (Phi) is 9.03. The fourth-order valence-electron chi connectivity index (χ4n) is 2.27. The summed E-state index contributed by atoms with van der Waals surface area (Å²) in [4.78, 5) is 25.1. The lowest BCUT2D eigenvalue weighted by atomic mass is 9.96. The Bertz CT molecular complexity index is 337. The SMILES string of the molecule is C[C@@H](C[C@H](C)C(=O)N1CCOCCOCCOCC1)C(=O)O.